The van der Waals surface area contributed by atoms with Crippen LogP contribution in [0.1, 0.15) is 27.2 Å². The summed E-state index contributed by atoms with van der Waals surface area (Å²) in [5, 5.41) is 4.04. The van der Waals surface area contributed by atoms with Crippen LogP contribution >= 0.6 is 11.6 Å². The predicted octanol–water partition coefficient (Wildman–Crippen LogP) is 5.22. The lowest BCUT2D eigenvalue weighted by Gasteiger charge is -2.11. The third kappa shape index (κ3) is 3.79. The van der Waals surface area contributed by atoms with Crippen LogP contribution in [-0.2, 0) is 6.54 Å². The van der Waals surface area contributed by atoms with Crippen LogP contribution in [0.2, 0.25) is 5.02 Å². The van der Waals surface area contributed by atoms with Gasteiger partial charge in [0.25, 0.3) is 11.5 Å². The molecule has 2 aromatic heterocycles. The molecule has 2 heterocycles. The topological polar surface area (TPSA) is 68.4 Å². The van der Waals surface area contributed by atoms with Gasteiger partial charge in [-0.05, 0) is 49.2 Å². The van der Waals surface area contributed by atoms with Crippen LogP contribution < -0.4 is 10.9 Å². The monoisotopic (exact) mass is 456 g/mol. The number of hydrogen-bond donors (Lipinski definition) is 1. The Balaban J connectivity index is 1.65. The van der Waals surface area contributed by atoms with E-state index in [1.165, 1.54) is 0 Å². The summed E-state index contributed by atoms with van der Waals surface area (Å²) in [6.45, 7) is 4.19. The number of imidazole rings is 1. The van der Waals surface area contributed by atoms with Gasteiger partial charge < -0.3 is 5.32 Å². The fraction of sp³-hybridized carbons (Fsp3) is 0.115. The molecule has 0 aliphatic carbocycles. The molecule has 0 aliphatic heterocycles. The molecular weight excluding hydrogens is 436 g/mol. The number of carbonyl (C=O) groups excluding carboxylic acids is 1. The SMILES string of the molecule is Cc1ccc(NC(=O)c2cn3c4ccccc4c(=O)n(Cc4ccccc4Cl)c3n2)c(C)c1. The van der Waals surface area contributed by atoms with Gasteiger partial charge >= 0.3 is 0 Å². The number of amides is 1. The van der Waals surface area contributed by atoms with Crippen LogP contribution in [0.3, 0.4) is 0 Å². The number of benzene rings is 3. The third-order valence-electron chi connectivity index (χ3n) is 5.72. The zero-order chi connectivity index (χ0) is 23.1. The van der Waals surface area contributed by atoms with Crippen LogP contribution in [0, 0.1) is 13.8 Å². The van der Waals surface area contributed by atoms with E-state index in [0.717, 1.165) is 22.4 Å². The summed E-state index contributed by atoms with van der Waals surface area (Å²) in [5.74, 6) is 0.0378. The number of aromatic nitrogens is 3. The first kappa shape index (κ1) is 21.0. The summed E-state index contributed by atoms with van der Waals surface area (Å²) >= 11 is 6.36. The van der Waals surface area contributed by atoms with E-state index >= 15 is 0 Å². The smallest absolute Gasteiger partial charge is 0.275 e. The van der Waals surface area contributed by atoms with Gasteiger partial charge in [0.1, 0.15) is 5.69 Å². The van der Waals surface area contributed by atoms with Crippen LogP contribution in [0.4, 0.5) is 5.69 Å². The maximum absolute atomic E-state index is 13.4. The second-order valence-electron chi connectivity index (χ2n) is 8.07. The molecule has 0 aliphatic rings. The van der Waals surface area contributed by atoms with Crippen molar-refractivity contribution in [1.29, 1.82) is 0 Å². The first-order valence-corrected chi connectivity index (χ1v) is 10.9. The lowest BCUT2D eigenvalue weighted by Crippen LogP contribution is -2.24. The van der Waals surface area contributed by atoms with Gasteiger partial charge in [0.15, 0.2) is 0 Å². The highest BCUT2D eigenvalue weighted by molar-refractivity contribution is 6.31. The van der Waals surface area contributed by atoms with Crippen molar-refractivity contribution in [3.63, 3.8) is 0 Å². The minimum Gasteiger partial charge on any atom is -0.320 e. The van der Waals surface area contributed by atoms with Crippen LogP contribution in [-0.4, -0.2) is 19.9 Å². The van der Waals surface area contributed by atoms with Crippen LogP contribution in [0.25, 0.3) is 16.7 Å². The van der Waals surface area contributed by atoms with Gasteiger partial charge in [-0.1, -0.05) is 59.6 Å². The van der Waals surface area contributed by atoms with E-state index in [-0.39, 0.29) is 23.7 Å². The Morgan fingerprint density at radius 1 is 1.03 bits per heavy atom. The minimum absolute atomic E-state index is 0.190. The average molecular weight is 457 g/mol. The molecule has 0 fully saturated rings. The molecule has 7 heteroatoms. The summed E-state index contributed by atoms with van der Waals surface area (Å²) in [7, 11) is 0. The largest absolute Gasteiger partial charge is 0.320 e. The molecule has 3 aromatic carbocycles. The number of fused-ring (bicyclic) bond motifs is 3. The number of para-hydroxylation sites is 1. The number of rotatable bonds is 4. The van der Waals surface area contributed by atoms with Gasteiger partial charge in [0.05, 0.1) is 17.4 Å². The summed E-state index contributed by atoms with van der Waals surface area (Å²) in [6, 6.07) is 20.5. The normalized spacial score (nSPS) is 11.2. The summed E-state index contributed by atoms with van der Waals surface area (Å²) in [6.07, 6.45) is 1.67. The van der Waals surface area contributed by atoms with Crippen LogP contribution in [0.15, 0.2) is 77.7 Å². The van der Waals surface area contributed by atoms with Crippen molar-refractivity contribution in [1.82, 2.24) is 14.0 Å². The van der Waals surface area contributed by atoms with Gasteiger partial charge in [0.2, 0.25) is 5.78 Å². The van der Waals surface area contributed by atoms with Gasteiger partial charge in [-0.15, -0.1) is 0 Å². The number of aryl methyl sites for hydroxylation is 2. The quantitative estimate of drug-likeness (QED) is 0.403. The van der Waals surface area contributed by atoms with E-state index in [9.17, 15) is 9.59 Å². The van der Waals surface area contributed by atoms with Gasteiger partial charge in [0, 0.05) is 16.9 Å². The maximum atomic E-state index is 13.4. The highest BCUT2D eigenvalue weighted by Crippen LogP contribution is 2.21. The number of nitrogens with zero attached hydrogens (tertiary/aromatic N) is 3. The van der Waals surface area contributed by atoms with Crippen LogP contribution in [0.5, 0.6) is 0 Å². The van der Waals surface area contributed by atoms with E-state index in [0.29, 0.717) is 21.7 Å². The second-order valence-corrected chi connectivity index (χ2v) is 8.48. The molecule has 1 amide bonds. The second kappa shape index (κ2) is 8.22. The summed E-state index contributed by atoms with van der Waals surface area (Å²) in [5.41, 5.74) is 4.32. The summed E-state index contributed by atoms with van der Waals surface area (Å²) < 4.78 is 3.34. The Labute approximate surface area is 195 Å². The third-order valence-corrected chi connectivity index (χ3v) is 6.09. The molecule has 5 rings (SSSR count). The molecule has 0 saturated carbocycles. The molecule has 0 radical (unpaired) electrons. The summed E-state index contributed by atoms with van der Waals surface area (Å²) in [4.78, 5) is 31.0. The maximum Gasteiger partial charge on any atom is 0.275 e. The number of hydrogen-bond acceptors (Lipinski definition) is 3. The molecule has 6 nitrogen and oxygen atoms in total. The Morgan fingerprint density at radius 2 is 1.79 bits per heavy atom. The number of carbonyl (C=O) groups is 1. The molecule has 5 aromatic rings. The highest BCUT2D eigenvalue weighted by atomic mass is 35.5. The van der Waals surface area contributed by atoms with Crippen molar-refractivity contribution in [3.05, 3.63) is 111 Å². The predicted molar refractivity (Wildman–Crippen MR) is 131 cm³/mol. The van der Waals surface area contributed by atoms with Crippen molar-refractivity contribution in [2.24, 2.45) is 0 Å². The molecule has 0 atom stereocenters. The molecule has 0 unspecified atom stereocenters. The fourth-order valence-corrected chi connectivity index (χ4v) is 4.22. The van der Waals surface area contributed by atoms with E-state index in [2.05, 4.69) is 10.3 Å². The first-order chi connectivity index (χ1) is 15.9. The molecule has 1 N–H and O–H groups in total. The zero-order valence-corrected chi connectivity index (χ0v) is 18.9. The number of anilines is 1. The molecular formula is C26H21ClN4O2. The molecule has 164 valence electrons. The highest BCUT2D eigenvalue weighted by Gasteiger charge is 2.18. The fourth-order valence-electron chi connectivity index (χ4n) is 4.03. The Morgan fingerprint density at radius 3 is 2.58 bits per heavy atom. The van der Waals surface area contributed by atoms with E-state index in [1.807, 2.05) is 68.4 Å². The lowest BCUT2D eigenvalue weighted by molar-refractivity contribution is 0.102. The Kier molecular flexibility index (Phi) is 5.23. The molecule has 0 bridgehead atoms. The van der Waals surface area contributed by atoms with E-state index < -0.39 is 0 Å². The van der Waals surface area contributed by atoms with Gasteiger partial charge in [-0.3, -0.25) is 18.6 Å². The number of halogens is 1. The van der Waals surface area contributed by atoms with E-state index in [4.69, 9.17) is 11.6 Å². The van der Waals surface area contributed by atoms with Crippen molar-refractivity contribution >= 4 is 39.9 Å². The van der Waals surface area contributed by atoms with Crippen molar-refractivity contribution in [2.75, 3.05) is 5.32 Å². The minimum atomic E-state index is -0.341. The Hall–Kier alpha value is -3.90. The van der Waals surface area contributed by atoms with Gasteiger partial charge in [-0.25, -0.2) is 4.98 Å². The molecule has 0 spiro atoms. The first-order valence-electron chi connectivity index (χ1n) is 10.5. The Bertz CT molecular complexity index is 1600. The van der Waals surface area contributed by atoms with Gasteiger partial charge in [-0.2, -0.15) is 0 Å². The average Bonchev–Trinajstić information content (AvgIpc) is 3.25. The molecule has 33 heavy (non-hydrogen) atoms. The standard InChI is InChI=1S/C26H21ClN4O2/c1-16-11-12-21(17(2)13-16)28-24(32)22-15-30-23-10-6-4-8-19(23)25(33)31(26(30)29-22)14-18-7-3-5-9-20(18)27/h3-13,15H,14H2,1-2H3,(H,28,32). The lowest BCUT2D eigenvalue weighted by atomic mass is 10.1. The zero-order valence-electron chi connectivity index (χ0n) is 18.2. The van der Waals surface area contributed by atoms with Crippen molar-refractivity contribution in [2.45, 2.75) is 20.4 Å². The molecule has 0 saturated heterocycles. The van der Waals surface area contributed by atoms with Crippen molar-refractivity contribution in [3.8, 4) is 0 Å². The number of nitrogens with one attached hydrogen (secondary N) is 1. The van der Waals surface area contributed by atoms with Crippen molar-refractivity contribution < 1.29 is 4.79 Å². The van der Waals surface area contributed by atoms with E-state index in [1.54, 1.807) is 27.3 Å².